The van der Waals surface area contributed by atoms with E-state index in [2.05, 4.69) is 30.6 Å². The highest BCUT2D eigenvalue weighted by Crippen LogP contribution is 2.17. The van der Waals surface area contributed by atoms with Crippen LogP contribution in [0.15, 0.2) is 10.7 Å². The zero-order valence-corrected chi connectivity index (χ0v) is 8.97. The largest absolute Gasteiger partial charge is 0.411 e. The lowest BCUT2D eigenvalue weighted by atomic mass is 10.5. The smallest absolute Gasteiger partial charge is 0.383 e. The van der Waals surface area contributed by atoms with Crippen LogP contribution in [0.3, 0.4) is 0 Å². The summed E-state index contributed by atoms with van der Waals surface area (Å²) in [5, 5.41) is 0. The quantitative estimate of drug-likeness (QED) is 0.921. The molecule has 0 aliphatic heterocycles. The summed E-state index contributed by atoms with van der Waals surface area (Å²) < 4.78 is 40.0. The number of rotatable bonds is 3. The van der Waals surface area contributed by atoms with E-state index in [1.807, 2.05) is 0 Å². The average Bonchev–Trinajstić information content (AvgIpc) is 2.09. The second kappa shape index (κ2) is 4.75. The van der Waals surface area contributed by atoms with Crippen LogP contribution in [0, 0.1) is 0 Å². The molecule has 0 aliphatic rings. The van der Waals surface area contributed by atoms with E-state index in [1.165, 1.54) is 6.20 Å². The first kappa shape index (κ1) is 12.2. The second-order valence-corrected chi connectivity index (χ2v) is 3.48. The molecule has 1 aromatic heterocycles. The van der Waals surface area contributed by atoms with Crippen LogP contribution in [-0.4, -0.2) is 22.8 Å². The number of halogens is 4. The summed E-state index contributed by atoms with van der Waals surface area (Å²) in [7, 11) is 0. The second-order valence-electron chi connectivity index (χ2n) is 2.63. The molecule has 0 fully saturated rings. The maximum Gasteiger partial charge on any atom is 0.411 e. The van der Waals surface area contributed by atoms with E-state index in [0.29, 0.717) is 4.47 Å². The first-order valence-electron chi connectivity index (χ1n) is 3.80. The minimum atomic E-state index is -4.35. The van der Waals surface area contributed by atoms with E-state index in [0.717, 1.165) is 0 Å². The summed E-state index contributed by atoms with van der Waals surface area (Å²) in [6, 6.07) is 0. The third kappa shape index (κ3) is 4.43. The highest BCUT2D eigenvalue weighted by atomic mass is 79.9. The minimum absolute atomic E-state index is 0.111. The van der Waals surface area contributed by atoms with Crippen molar-refractivity contribution in [3.8, 4) is 0 Å². The zero-order valence-electron chi connectivity index (χ0n) is 7.38. The number of aromatic nitrogens is 2. The molecule has 0 unspecified atom stereocenters. The third-order valence-corrected chi connectivity index (χ3v) is 1.93. The van der Waals surface area contributed by atoms with Gasteiger partial charge >= 0.3 is 6.18 Å². The Kier molecular flexibility index (Phi) is 3.86. The highest BCUT2D eigenvalue weighted by molar-refractivity contribution is 9.10. The van der Waals surface area contributed by atoms with Crippen molar-refractivity contribution in [3.05, 3.63) is 16.5 Å². The maximum absolute atomic E-state index is 11.7. The number of alkyl halides is 3. The summed E-state index contributed by atoms with van der Waals surface area (Å²) in [6.45, 7) is -1.65. The van der Waals surface area contributed by atoms with Gasteiger partial charge in [-0.15, -0.1) is 0 Å². The van der Waals surface area contributed by atoms with Gasteiger partial charge in [0, 0.05) is 6.20 Å². The Hall–Kier alpha value is -0.890. The number of nitrogen functional groups attached to an aromatic ring is 1. The summed E-state index contributed by atoms with van der Waals surface area (Å²) in [5.41, 5.74) is 5.40. The van der Waals surface area contributed by atoms with Crippen molar-refractivity contribution >= 4 is 21.7 Å². The topological polar surface area (TPSA) is 61.0 Å². The van der Waals surface area contributed by atoms with Gasteiger partial charge in [0.15, 0.2) is 5.82 Å². The van der Waals surface area contributed by atoms with Gasteiger partial charge in [0.1, 0.15) is 19.0 Å². The SMILES string of the molecule is Nc1nc(COCC(F)(F)F)ncc1Br. The van der Waals surface area contributed by atoms with E-state index < -0.39 is 12.8 Å². The lowest BCUT2D eigenvalue weighted by Gasteiger charge is -2.07. The fourth-order valence-electron chi connectivity index (χ4n) is 0.746. The number of ether oxygens (including phenoxy) is 1. The molecule has 0 amide bonds. The molecule has 0 aliphatic carbocycles. The van der Waals surface area contributed by atoms with Crippen molar-refractivity contribution in [2.45, 2.75) is 12.8 Å². The van der Waals surface area contributed by atoms with Crippen molar-refractivity contribution in [2.75, 3.05) is 12.3 Å². The molecule has 0 atom stereocenters. The van der Waals surface area contributed by atoms with Crippen LogP contribution in [0.1, 0.15) is 5.82 Å². The van der Waals surface area contributed by atoms with Gasteiger partial charge in [0.05, 0.1) is 4.47 Å². The molecule has 4 nitrogen and oxygen atoms in total. The molecule has 84 valence electrons. The zero-order chi connectivity index (χ0) is 11.5. The van der Waals surface area contributed by atoms with E-state index in [4.69, 9.17) is 5.73 Å². The van der Waals surface area contributed by atoms with Gasteiger partial charge in [-0.1, -0.05) is 0 Å². The molecular formula is C7H7BrF3N3O. The molecule has 0 aromatic carbocycles. The molecule has 0 radical (unpaired) electrons. The molecule has 1 heterocycles. The van der Waals surface area contributed by atoms with E-state index in [1.54, 1.807) is 0 Å². The van der Waals surface area contributed by atoms with Gasteiger partial charge in [-0.2, -0.15) is 13.2 Å². The van der Waals surface area contributed by atoms with E-state index in [-0.39, 0.29) is 18.2 Å². The van der Waals surface area contributed by atoms with Gasteiger partial charge in [0.25, 0.3) is 0 Å². The van der Waals surface area contributed by atoms with Crippen LogP contribution in [0.25, 0.3) is 0 Å². The highest BCUT2D eigenvalue weighted by Gasteiger charge is 2.27. The maximum atomic E-state index is 11.7. The molecule has 2 N–H and O–H groups in total. The van der Waals surface area contributed by atoms with Gasteiger partial charge in [-0.25, -0.2) is 9.97 Å². The summed E-state index contributed by atoms with van der Waals surface area (Å²) in [5.74, 6) is 0.274. The monoisotopic (exact) mass is 285 g/mol. The van der Waals surface area contributed by atoms with Crippen LogP contribution in [0.5, 0.6) is 0 Å². The summed E-state index contributed by atoms with van der Waals surface area (Å²) in [6.07, 6.45) is -2.99. The van der Waals surface area contributed by atoms with E-state index in [9.17, 15) is 13.2 Å². The Balaban J connectivity index is 2.48. The molecule has 0 saturated heterocycles. The van der Waals surface area contributed by atoms with Gasteiger partial charge in [-0.3, -0.25) is 0 Å². The Bertz CT molecular complexity index is 345. The molecule has 1 rings (SSSR count). The van der Waals surface area contributed by atoms with Crippen LogP contribution in [0.4, 0.5) is 19.0 Å². The average molecular weight is 286 g/mol. The van der Waals surface area contributed by atoms with Crippen molar-refractivity contribution in [3.63, 3.8) is 0 Å². The Morgan fingerprint density at radius 1 is 1.47 bits per heavy atom. The lowest BCUT2D eigenvalue weighted by molar-refractivity contribution is -0.177. The Morgan fingerprint density at radius 3 is 2.67 bits per heavy atom. The van der Waals surface area contributed by atoms with Crippen molar-refractivity contribution in [1.29, 1.82) is 0 Å². The number of hydrogen-bond acceptors (Lipinski definition) is 4. The molecule has 15 heavy (non-hydrogen) atoms. The number of nitrogens with two attached hydrogens (primary N) is 1. The van der Waals surface area contributed by atoms with Gasteiger partial charge in [0.2, 0.25) is 0 Å². The number of hydrogen-bond donors (Lipinski definition) is 1. The number of nitrogens with zero attached hydrogens (tertiary/aromatic N) is 2. The van der Waals surface area contributed by atoms with Gasteiger partial charge in [-0.05, 0) is 15.9 Å². The fraction of sp³-hybridized carbons (Fsp3) is 0.429. The number of anilines is 1. The van der Waals surface area contributed by atoms with Crippen LogP contribution < -0.4 is 5.73 Å². The Labute approximate surface area is 91.8 Å². The molecule has 0 spiro atoms. The van der Waals surface area contributed by atoms with Gasteiger partial charge < -0.3 is 10.5 Å². The molecule has 8 heteroatoms. The predicted octanol–water partition coefficient (Wildman–Crippen LogP) is 1.90. The van der Waals surface area contributed by atoms with Crippen LogP contribution >= 0.6 is 15.9 Å². The van der Waals surface area contributed by atoms with Crippen molar-refractivity contribution in [1.82, 2.24) is 9.97 Å². The van der Waals surface area contributed by atoms with Crippen molar-refractivity contribution in [2.24, 2.45) is 0 Å². The van der Waals surface area contributed by atoms with E-state index >= 15 is 0 Å². The third-order valence-electron chi connectivity index (χ3n) is 1.32. The Morgan fingerprint density at radius 2 is 2.13 bits per heavy atom. The molecular weight excluding hydrogens is 279 g/mol. The van der Waals surface area contributed by atoms with Crippen LogP contribution in [0.2, 0.25) is 0 Å². The summed E-state index contributed by atoms with van der Waals surface area (Å²) >= 11 is 3.06. The van der Waals surface area contributed by atoms with Crippen molar-refractivity contribution < 1.29 is 17.9 Å². The minimum Gasteiger partial charge on any atom is -0.383 e. The fourth-order valence-corrected chi connectivity index (χ4v) is 0.937. The van der Waals surface area contributed by atoms with Crippen LogP contribution in [-0.2, 0) is 11.3 Å². The predicted molar refractivity (Wildman–Crippen MR) is 49.9 cm³/mol. The summed E-state index contributed by atoms with van der Waals surface area (Å²) in [4.78, 5) is 7.45. The first-order valence-corrected chi connectivity index (χ1v) is 4.59. The normalized spacial score (nSPS) is 11.7. The standard InChI is InChI=1S/C7H7BrF3N3O/c8-4-1-13-5(14-6(4)12)2-15-3-7(9,10)11/h1H,2-3H2,(H2,12,13,14). The molecule has 1 aromatic rings. The molecule has 0 bridgehead atoms. The molecule has 0 saturated carbocycles. The lowest BCUT2D eigenvalue weighted by Crippen LogP contribution is -2.17. The first-order chi connectivity index (χ1) is 6.88.